The van der Waals surface area contributed by atoms with E-state index >= 15 is 0 Å². The van der Waals surface area contributed by atoms with Gasteiger partial charge in [-0.05, 0) is 19.3 Å². The van der Waals surface area contributed by atoms with E-state index in [1.54, 1.807) is 0 Å². The zero-order valence-electron chi connectivity index (χ0n) is 10.2. The predicted molar refractivity (Wildman–Crippen MR) is 64.2 cm³/mol. The zero-order valence-corrected chi connectivity index (χ0v) is 10.2. The van der Waals surface area contributed by atoms with E-state index in [2.05, 4.69) is 17.6 Å². The summed E-state index contributed by atoms with van der Waals surface area (Å²) < 4.78 is 0. The van der Waals surface area contributed by atoms with Crippen LogP contribution in [0.15, 0.2) is 0 Å². The van der Waals surface area contributed by atoms with Gasteiger partial charge >= 0.3 is 0 Å². The fourth-order valence-corrected chi connectivity index (χ4v) is 2.04. The number of hydrogen-bond acceptors (Lipinski definition) is 3. The van der Waals surface area contributed by atoms with Gasteiger partial charge in [0.05, 0.1) is 12.6 Å². The van der Waals surface area contributed by atoms with Crippen molar-refractivity contribution in [2.24, 2.45) is 0 Å². The van der Waals surface area contributed by atoms with Gasteiger partial charge in [-0.2, -0.15) is 0 Å². The SMILES string of the molecule is CCCCNC(=O)CNC1CCCCC1O. The maximum absolute atomic E-state index is 11.4. The number of hydrogen-bond donors (Lipinski definition) is 3. The van der Waals surface area contributed by atoms with Crippen LogP contribution >= 0.6 is 0 Å². The molecular formula is C12H24N2O2. The first-order chi connectivity index (χ1) is 7.74. The van der Waals surface area contributed by atoms with Crippen LogP contribution in [0.1, 0.15) is 45.4 Å². The molecule has 0 aromatic rings. The molecule has 1 saturated carbocycles. The molecule has 1 aliphatic rings. The van der Waals surface area contributed by atoms with Crippen LogP contribution in [-0.4, -0.2) is 36.2 Å². The molecule has 0 aromatic carbocycles. The van der Waals surface area contributed by atoms with Crippen molar-refractivity contribution in [1.29, 1.82) is 0 Å². The molecule has 1 amide bonds. The van der Waals surface area contributed by atoms with Crippen molar-refractivity contribution in [3.05, 3.63) is 0 Å². The van der Waals surface area contributed by atoms with Gasteiger partial charge in [-0.25, -0.2) is 0 Å². The maximum atomic E-state index is 11.4. The molecule has 3 N–H and O–H groups in total. The quantitative estimate of drug-likeness (QED) is 0.589. The Hall–Kier alpha value is -0.610. The van der Waals surface area contributed by atoms with E-state index in [0.29, 0.717) is 6.54 Å². The molecule has 0 heterocycles. The van der Waals surface area contributed by atoms with Crippen molar-refractivity contribution >= 4 is 5.91 Å². The molecule has 1 fully saturated rings. The first kappa shape index (κ1) is 13.5. The fourth-order valence-electron chi connectivity index (χ4n) is 2.04. The van der Waals surface area contributed by atoms with Crippen molar-refractivity contribution in [2.75, 3.05) is 13.1 Å². The summed E-state index contributed by atoms with van der Waals surface area (Å²) in [7, 11) is 0. The van der Waals surface area contributed by atoms with Gasteiger partial charge in [0.1, 0.15) is 0 Å². The number of carbonyl (C=O) groups excluding carboxylic acids is 1. The average molecular weight is 228 g/mol. The topological polar surface area (TPSA) is 61.4 Å². The number of amides is 1. The number of unbranched alkanes of at least 4 members (excludes halogenated alkanes) is 1. The highest BCUT2D eigenvalue weighted by Gasteiger charge is 2.22. The molecule has 0 radical (unpaired) electrons. The Bertz CT molecular complexity index is 209. The molecule has 1 aliphatic carbocycles. The Morgan fingerprint density at radius 2 is 2.12 bits per heavy atom. The van der Waals surface area contributed by atoms with E-state index in [1.165, 1.54) is 0 Å². The van der Waals surface area contributed by atoms with Crippen LogP contribution in [0.3, 0.4) is 0 Å². The molecule has 94 valence electrons. The summed E-state index contributed by atoms with van der Waals surface area (Å²) in [4.78, 5) is 11.4. The fraction of sp³-hybridized carbons (Fsp3) is 0.917. The van der Waals surface area contributed by atoms with Gasteiger partial charge in [0.2, 0.25) is 5.91 Å². The van der Waals surface area contributed by atoms with Crippen LogP contribution in [0.4, 0.5) is 0 Å². The monoisotopic (exact) mass is 228 g/mol. The summed E-state index contributed by atoms with van der Waals surface area (Å²) in [6.07, 6.45) is 5.91. The van der Waals surface area contributed by atoms with Crippen LogP contribution in [0.5, 0.6) is 0 Å². The lowest BCUT2D eigenvalue weighted by Gasteiger charge is -2.28. The summed E-state index contributed by atoms with van der Waals surface area (Å²) in [5.74, 6) is 0.0335. The minimum atomic E-state index is -0.280. The van der Waals surface area contributed by atoms with Gasteiger partial charge in [0, 0.05) is 12.6 Å². The summed E-state index contributed by atoms with van der Waals surface area (Å²) in [6.45, 7) is 3.18. The summed E-state index contributed by atoms with van der Waals surface area (Å²) in [5, 5.41) is 15.7. The Balaban J connectivity index is 2.10. The van der Waals surface area contributed by atoms with Gasteiger partial charge in [-0.15, -0.1) is 0 Å². The van der Waals surface area contributed by atoms with Gasteiger partial charge < -0.3 is 15.7 Å². The Kier molecular flexibility index (Phi) is 6.42. The number of nitrogens with one attached hydrogen (secondary N) is 2. The molecule has 0 aromatic heterocycles. The van der Waals surface area contributed by atoms with Gasteiger partial charge in [-0.1, -0.05) is 26.2 Å². The largest absolute Gasteiger partial charge is 0.392 e. The molecule has 0 saturated heterocycles. The number of aliphatic hydroxyl groups is 1. The second-order valence-corrected chi connectivity index (χ2v) is 4.54. The van der Waals surface area contributed by atoms with Gasteiger partial charge in [0.25, 0.3) is 0 Å². The Morgan fingerprint density at radius 1 is 1.38 bits per heavy atom. The number of aliphatic hydroxyl groups excluding tert-OH is 1. The van der Waals surface area contributed by atoms with Crippen LogP contribution < -0.4 is 10.6 Å². The minimum absolute atomic E-state index is 0.0335. The van der Waals surface area contributed by atoms with Crippen molar-refractivity contribution in [1.82, 2.24) is 10.6 Å². The highest BCUT2D eigenvalue weighted by Crippen LogP contribution is 2.17. The second-order valence-electron chi connectivity index (χ2n) is 4.54. The van der Waals surface area contributed by atoms with E-state index in [0.717, 1.165) is 45.1 Å². The zero-order chi connectivity index (χ0) is 11.8. The van der Waals surface area contributed by atoms with Crippen LogP contribution in [0, 0.1) is 0 Å². The van der Waals surface area contributed by atoms with Gasteiger partial charge in [0.15, 0.2) is 0 Å². The van der Waals surface area contributed by atoms with E-state index < -0.39 is 0 Å². The van der Waals surface area contributed by atoms with Crippen molar-refractivity contribution in [2.45, 2.75) is 57.6 Å². The van der Waals surface area contributed by atoms with E-state index in [4.69, 9.17) is 0 Å². The smallest absolute Gasteiger partial charge is 0.233 e. The maximum Gasteiger partial charge on any atom is 0.233 e. The summed E-state index contributed by atoms with van der Waals surface area (Å²) in [6, 6.07) is 0.102. The third kappa shape index (κ3) is 4.94. The summed E-state index contributed by atoms with van der Waals surface area (Å²) in [5.41, 5.74) is 0. The molecule has 4 nitrogen and oxygen atoms in total. The van der Waals surface area contributed by atoms with Crippen LogP contribution in [0.25, 0.3) is 0 Å². The van der Waals surface area contributed by atoms with Crippen molar-refractivity contribution in [3.8, 4) is 0 Å². The lowest BCUT2D eigenvalue weighted by molar-refractivity contribution is -0.120. The third-order valence-electron chi connectivity index (χ3n) is 3.11. The molecule has 0 spiro atoms. The number of carbonyl (C=O) groups is 1. The molecule has 0 aliphatic heterocycles. The first-order valence-electron chi connectivity index (χ1n) is 6.42. The van der Waals surface area contributed by atoms with E-state index in [1.807, 2.05) is 0 Å². The minimum Gasteiger partial charge on any atom is -0.392 e. The normalized spacial score (nSPS) is 25.4. The molecular weight excluding hydrogens is 204 g/mol. The predicted octanol–water partition coefficient (Wildman–Crippen LogP) is 0.796. The standard InChI is InChI=1S/C12H24N2O2/c1-2-3-8-13-12(16)9-14-10-6-4-5-7-11(10)15/h10-11,14-15H,2-9H2,1H3,(H,13,16). The lowest BCUT2D eigenvalue weighted by atomic mass is 9.93. The Morgan fingerprint density at radius 3 is 2.81 bits per heavy atom. The second kappa shape index (κ2) is 7.63. The van der Waals surface area contributed by atoms with Crippen molar-refractivity contribution < 1.29 is 9.90 Å². The molecule has 4 heteroatoms. The molecule has 2 atom stereocenters. The molecule has 2 unspecified atom stereocenters. The first-order valence-corrected chi connectivity index (χ1v) is 6.42. The Labute approximate surface area is 97.8 Å². The average Bonchev–Trinajstić information content (AvgIpc) is 2.28. The molecule has 16 heavy (non-hydrogen) atoms. The van der Waals surface area contributed by atoms with Crippen LogP contribution in [0.2, 0.25) is 0 Å². The number of rotatable bonds is 6. The summed E-state index contributed by atoms with van der Waals surface area (Å²) >= 11 is 0. The van der Waals surface area contributed by atoms with Crippen molar-refractivity contribution in [3.63, 3.8) is 0 Å². The highest BCUT2D eigenvalue weighted by atomic mass is 16.3. The molecule has 0 bridgehead atoms. The van der Waals surface area contributed by atoms with E-state index in [9.17, 15) is 9.90 Å². The highest BCUT2D eigenvalue weighted by molar-refractivity contribution is 5.77. The van der Waals surface area contributed by atoms with E-state index in [-0.39, 0.29) is 18.1 Å². The van der Waals surface area contributed by atoms with Gasteiger partial charge in [-0.3, -0.25) is 4.79 Å². The third-order valence-corrected chi connectivity index (χ3v) is 3.11. The molecule has 1 rings (SSSR count). The van der Waals surface area contributed by atoms with Crippen LogP contribution in [-0.2, 0) is 4.79 Å². The lowest BCUT2D eigenvalue weighted by Crippen LogP contribution is -2.46.